The minimum atomic E-state index is 0.130. The number of imidazole rings is 1. The molecule has 0 unspecified atom stereocenters. The second-order valence-corrected chi connectivity index (χ2v) is 3.33. The largest absolute Gasteiger partial charge is 0.493 e. The molecule has 0 atom stereocenters. The zero-order valence-corrected chi connectivity index (χ0v) is 7.60. The van der Waals surface area contributed by atoms with Crippen LogP contribution < -0.4 is 0 Å². The Bertz CT molecular complexity index is 433. The van der Waals surface area contributed by atoms with Crippen molar-refractivity contribution in [3.63, 3.8) is 0 Å². The van der Waals surface area contributed by atoms with Gasteiger partial charge in [0, 0.05) is 12.4 Å². The Kier molecular flexibility index (Phi) is 1.69. The number of aromatic hydroxyl groups is 1. The van der Waals surface area contributed by atoms with Crippen molar-refractivity contribution in [2.45, 2.75) is 19.8 Å². The molecule has 2 rings (SSSR count). The minimum absolute atomic E-state index is 0.130. The standard InChI is InChI=1S/C9H11N3O/c1-6(2)7-3-10-9-11-4-8(13)12(9)5-7/h3-6,13H,1-2H3. The van der Waals surface area contributed by atoms with Crippen LogP contribution in [0, 0.1) is 0 Å². The summed E-state index contributed by atoms with van der Waals surface area (Å²) in [5.41, 5.74) is 1.08. The summed E-state index contributed by atoms with van der Waals surface area (Å²) in [7, 11) is 0. The molecule has 0 fully saturated rings. The third-order valence-electron chi connectivity index (χ3n) is 2.03. The first-order valence-corrected chi connectivity index (χ1v) is 4.20. The van der Waals surface area contributed by atoms with Crippen LogP contribution in [0.15, 0.2) is 18.6 Å². The second-order valence-electron chi connectivity index (χ2n) is 3.33. The van der Waals surface area contributed by atoms with Crippen molar-refractivity contribution < 1.29 is 5.11 Å². The van der Waals surface area contributed by atoms with E-state index in [9.17, 15) is 5.11 Å². The molecule has 0 saturated heterocycles. The lowest BCUT2D eigenvalue weighted by Crippen LogP contribution is -1.94. The molecular formula is C9H11N3O. The van der Waals surface area contributed by atoms with E-state index in [1.54, 1.807) is 10.6 Å². The molecule has 0 spiro atoms. The SMILES string of the molecule is CC(C)c1cnc2ncc(O)n2c1. The van der Waals surface area contributed by atoms with Crippen molar-refractivity contribution >= 4 is 5.78 Å². The molecule has 4 heteroatoms. The van der Waals surface area contributed by atoms with E-state index >= 15 is 0 Å². The summed E-state index contributed by atoms with van der Waals surface area (Å²) >= 11 is 0. The van der Waals surface area contributed by atoms with Crippen molar-refractivity contribution in [2.75, 3.05) is 0 Å². The van der Waals surface area contributed by atoms with Crippen molar-refractivity contribution in [3.8, 4) is 5.88 Å². The minimum Gasteiger partial charge on any atom is -0.493 e. The summed E-state index contributed by atoms with van der Waals surface area (Å²) in [6.45, 7) is 4.16. The summed E-state index contributed by atoms with van der Waals surface area (Å²) in [4.78, 5) is 8.04. The molecule has 2 aromatic rings. The van der Waals surface area contributed by atoms with Gasteiger partial charge >= 0.3 is 0 Å². The molecule has 13 heavy (non-hydrogen) atoms. The molecule has 68 valence electrons. The maximum absolute atomic E-state index is 9.38. The van der Waals surface area contributed by atoms with E-state index in [0.29, 0.717) is 11.7 Å². The summed E-state index contributed by atoms with van der Waals surface area (Å²) < 4.78 is 1.58. The van der Waals surface area contributed by atoms with Crippen LogP contribution in [0.3, 0.4) is 0 Å². The molecule has 0 aliphatic rings. The maximum atomic E-state index is 9.38. The second kappa shape index (κ2) is 2.73. The summed E-state index contributed by atoms with van der Waals surface area (Å²) in [6.07, 6.45) is 5.04. The third kappa shape index (κ3) is 1.24. The zero-order valence-electron chi connectivity index (χ0n) is 7.60. The Labute approximate surface area is 75.9 Å². The van der Waals surface area contributed by atoms with Crippen molar-refractivity contribution in [3.05, 3.63) is 24.2 Å². The first-order valence-electron chi connectivity index (χ1n) is 4.20. The Morgan fingerprint density at radius 3 is 2.69 bits per heavy atom. The predicted molar refractivity (Wildman–Crippen MR) is 48.7 cm³/mol. The number of nitrogens with zero attached hydrogens (tertiary/aromatic N) is 3. The van der Waals surface area contributed by atoms with Crippen LogP contribution in [0.1, 0.15) is 25.3 Å². The van der Waals surface area contributed by atoms with Crippen LogP contribution >= 0.6 is 0 Å². The van der Waals surface area contributed by atoms with Gasteiger partial charge in [-0.3, -0.25) is 4.40 Å². The van der Waals surface area contributed by atoms with Gasteiger partial charge in [-0.25, -0.2) is 9.97 Å². The van der Waals surface area contributed by atoms with Crippen LogP contribution in [-0.4, -0.2) is 19.5 Å². The van der Waals surface area contributed by atoms with Crippen LogP contribution in [-0.2, 0) is 0 Å². The highest BCUT2D eigenvalue weighted by Crippen LogP contribution is 2.16. The van der Waals surface area contributed by atoms with E-state index in [2.05, 4.69) is 23.8 Å². The average molecular weight is 177 g/mol. The number of rotatable bonds is 1. The van der Waals surface area contributed by atoms with Crippen LogP contribution in [0.5, 0.6) is 5.88 Å². The van der Waals surface area contributed by atoms with Gasteiger partial charge < -0.3 is 5.11 Å². The number of hydrogen-bond acceptors (Lipinski definition) is 3. The monoisotopic (exact) mass is 177 g/mol. The van der Waals surface area contributed by atoms with Gasteiger partial charge in [0.15, 0.2) is 0 Å². The van der Waals surface area contributed by atoms with E-state index in [1.807, 2.05) is 6.20 Å². The van der Waals surface area contributed by atoms with E-state index in [0.717, 1.165) is 5.56 Å². The number of aromatic nitrogens is 3. The molecule has 0 radical (unpaired) electrons. The number of fused-ring (bicyclic) bond motifs is 1. The lowest BCUT2D eigenvalue weighted by Gasteiger charge is -2.04. The van der Waals surface area contributed by atoms with Gasteiger partial charge in [-0.2, -0.15) is 0 Å². The molecule has 0 saturated carbocycles. The van der Waals surface area contributed by atoms with Crippen molar-refractivity contribution in [2.24, 2.45) is 0 Å². The highest BCUT2D eigenvalue weighted by molar-refractivity contribution is 5.34. The van der Waals surface area contributed by atoms with Gasteiger partial charge in [-0.15, -0.1) is 0 Å². The van der Waals surface area contributed by atoms with Gasteiger partial charge in [0.05, 0.1) is 6.20 Å². The summed E-state index contributed by atoms with van der Waals surface area (Å²) in [5, 5.41) is 9.38. The smallest absolute Gasteiger partial charge is 0.236 e. The first kappa shape index (κ1) is 8.04. The molecule has 0 aliphatic carbocycles. The lowest BCUT2D eigenvalue weighted by atomic mass is 10.1. The van der Waals surface area contributed by atoms with Crippen molar-refractivity contribution in [1.82, 2.24) is 14.4 Å². The number of hydrogen-bond donors (Lipinski definition) is 1. The molecule has 2 heterocycles. The molecule has 0 bridgehead atoms. The summed E-state index contributed by atoms with van der Waals surface area (Å²) in [6, 6.07) is 0. The quantitative estimate of drug-likeness (QED) is 0.719. The van der Waals surface area contributed by atoms with E-state index in [1.165, 1.54) is 6.20 Å². The Morgan fingerprint density at radius 1 is 1.31 bits per heavy atom. The zero-order chi connectivity index (χ0) is 9.42. The molecule has 2 aromatic heterocycles. The topological polar surface area (TPSA) is 50.4 Å². The Hall–Kier alpha value is -1.58. The highest BCUT2D eigenvalue weighted by Gasteiger charge is 2.05. The van der Waals surface area contributed by atoms with Gasteiger partial charge in [0.25, 0.3) is 0 Å². The van der Waals surface area contributed by atoms with Crippen LogP contribution in [0.25, 0.3) is 5.78 Å². The Morgan fingerprint density at radius 2 is 2.00 bits per heavy atom. The third-order valence-corrected chi connectivity index (χ3v) is 2.03. The first-order chi connectivity index (χ1) is 6.18. The molecule has 1 N–H and O–H groups in total. The molecular weight excluding hydrogens is 166 g/mol. The fourth-order valence-electron chi connectivity index (χ4n) is 1.17. The lowest BCUT2D eigenvalue weighted by molar-refractivity contribution is 0.447. The van der Waals surface area contributed by atoms with Crippen molar-refractivity contribution in [1.29, 1.82) is 0 Å². The molecule has 0 aromatic carbocycles. The van der Waals surface area contributed by atoms with Gasteiger partial charge in [-0.05, 0) is 11.5 Å². The Balaban J connectivity index is 2.66. The fraction of sp³-hybridized carbons (Fsp3) is 0.333. The summed E-state index contributed by atoms with van der Waals surface area (Å²) in [5.74, 6) is 1.06. The fourth-order valence-corrected chi connectivity index (χ4v) is 1.17. The maximum Gasteiger partial charge on any atom is 0.236 e. The highest BCUT2D eigenvalue weighted by atomic mass is 16.3. The van der Waals surface area contributed by atoms with E-state index in [-0.39, 0.29) is 5.88 Å². The van der Waals surface area contributed by atoms with Gasteiger partial charge in [0.2, 0.25) is 11.7 Å². The molecule has 0 amide bonds. The predicted octanol–water partition coefficient (Wildman–Crippen LogP) is 1.56. The van der Waals surface area contributed by atoms with Gasteiger partial charge in [0.1, 0.15) is 0 Å². The van der Waals surface area contributed by atoms with E-state index < -0.39 is 0 Å². The molecule has 4 nitrogen and oxygen atoms in total. The van der Waals surface area contributed by atoms with E-state index in [4.69, 9.17) is 0 Å². The molecule has 0 aliphatic heterocycles. The van der Waals surface area contributed by atoms with Gasteiger partial charge in [-0.1, -0.05) is 13.8 Å². The van der Waals surface area contributed by atoms with Crippen LogP contribution in [0.2, 0.25) is 0 Å². The van der Waals surface area contributed by atoms with Crippen LogP contribution in [0.4, 0.5) is 0 Å². The normalized spacial score (nSPS) is 11.3. The average Bonchev–Trinajstić information content (AvgIpc) is 2.47.